The Morgan fingerprint density at radius 1 is 0.895 bits per heavy atom. The van der Waals surface area contributed by atoms with Crippen molar-refractivity contribution in [2.45, 2.75) is 31.1 Å². The van der Waals surface area contributed by atoms with E-state index >= 15 is 0 Å². The molecule has 0 aliphatic heterocycles. The molecule has 2 N–H and O–H groups in total. The second kappa shape index (κ2) is 10.00. The van der Waals surface area contributed by atoms with Gasteiger partial charge in [-0.1, -0.05) is 59.4 Å². The van der Waals surface area contributed by atoms with Crippen LogP contribution in [0.5, 0.6) is 0 Å². The van der Waals surface area contributed by atoms with E-state index in [-0.39, 0.29) is 10.7 Å². The SMILES string of the molecule is Cc1ccc(S(=O)(=O)Nc2cccc(-c3ccc4c(c3)C(=NNc3nc5ccccc5s3)CCC4)n2)cc1. The zero-order valence-electron chi connectivity index (χ0n) is 20.7. The molecule has 0 radical (unpaired) electrons. The summed E-state index contributed by atoms with van der Waals surface area (Å²) in [7, 11) is -3.74. The van der Waals surface area contributed by atoms with Crippen LogP contribution in [0.2, 0.25) is 0 Å². The molecular formula is C29H25N5O2S2. The van der Waals surface area contributed by atoms with E-state index in [9.17, 15) is 8.42 Å². The maximum Gasteiger partial charge on any atom is 0.263 e. The molecule has 3 aromatic carbocycles. The molecule has 2 heterocycles. The van der Waals surface area contributed by atoms with Crippen LogP contribution in [0.25, 0.3) is 21.5 Å². The number of sulfonamides is 1. The van der Waals surface area contributed by atoms with E-state index in [1.165, 1.54) is 5.56 Å². The fourth-order valence-electron chi connectivity index (χ4n) is 4.52. The van der Waals surface area contributed by atoms with E-state index in [2.05, 4.69) is 38.3 Å². The highest BCUT2D eigenvalue weighted by Gasteiger charge is 2.18. The molecule has 0 bridgehead atoms. The molecule has 0 spiro atoms. The van der Waals surface area contributed by atoms with Crippen LogP contribution in [-0.4, -0.2) is 24.1 Å². The Morgan fingerprint density at radius 2 is 1.74 bits per heavy atom. The molecule has 6 rings (SSSR count). The minimum atomic E-state index is -3.74. The summed E-state index contributed by atoms with van der Waals surface area (Å²) >= 11 is 1.58. The molecule has 0 amide bonds. The largest absolute Gasteiger partial charge is 0.263 e. The van der Waals surface area contributed by atoms with Gasteiger partial charge in [0.05, 0.1) is 26.5 Å². The molecule has 38 heavy (non-hydrogen) atoms. The van der Waals surface area contributed by atoms with Crippen LogP contribution >= 0.6 is 11.3 Å². The van der Waals surface area contributed by atoms with E-state index in [1.54, 1.807) is 47.7 Å². The van der Waals surface area contributed by atoms with Gasteiger partial charge in [0.1, 0.15) is 5.82 Å². The Bertz CT molecular complexity index is 1740. The zero-order chi connectivity index (χ0) is 26.1. The van der Waals surface area contributed by atoms with E-state index in [0.717, 1.165) is 57.0 Å². The van der Waals surface area contributed by atoms with E-state index < -0.39 is 10.0 Å². The molecular weight excluding hydrogens is 514 g/mol. The number of nitrogens with zero attached hydrogens (tertiary/aromatic N) is 3. The summed E-state index contributed by atoms with van der Waals surface area (Å²) in [6.07, 6.45) is 2.87. The van der Waals surface area contributed by atoms with Crippen molar-refractivity contribution in [3.63, 3.8) is 0 Å². The molecule has 7 nitrogen and oxygen atoms in total. The van der Waals surface area contributed by atoms with Gasteiger partial charge in [0.15, 0.2) is 0 Å². The summed E-state index contributed by atoms with van der Waals surface area (Å²) in [6, 6.07) is 26.3. The van der Waals surface area contributed by atoms with Crippen molar-refractivity contribution < 1.29 is 8.42 Å². The maximum absolute atomic E-state index is 12.9. The van der Waals surface area contributed by atoms with Gasteiger partial charge in [-0.05, 0) is 74.2 Å². The summed E-state index contributed by atoms with van der Waals surface area (Å²) in [5, 5.41) is 5.49. The molecule has 5 aromatic rings. The standard InChI is InChI=1S/C29H25N5O2S2/c1-19-12-16-22(17-13-19)38(35,36)34-28-11-5-8-24(30-28)21-15-14-20-6-4-9-25(23(20)18-21)32-33-29-31-26-7-2-3-10-27(26)37-29/h2-3,5,7-8,10-18H,4,6,9H2,1H3,(H,30,34)(H,31,33). The minimum absolute atomic E-state index is 0.200. The molecule has 0 atom stereocenters. The fraction of sp³-hybridized carbons (Fsp3) is 0.138. The van der Waals surface area contributed by atoms with Crippen molar-refractivity contribution in [3.05, 3.63) is 102 Å². The maximum atomic E-state index is 12.9. The van der Waals surface area contributed by atoms with Crippen LogP contribution in [-0.2, 0) is 16.4 Å². The number of aryl methyl sites for hydroxylation is 2. The second-order valence-electron chi connectivity index (χ2n) is 9.21. The number of pyridine rings is 1. The van der Waals surface area contributed by atoms with Crippen LogP contribution in [0.4, 0.5) is 10.9 Å². The number of rotatable bonds is 6. The van der Waals surface area contributed by atoms with Crippen molar-refractivity contribution in [2.75, 3.05) is 10.1 Å². The lowest BCUT2D eigenvalue weighted by molar-refractivity contribution is 0.601. The van der Waals surface area contributed by atoms with Crippen LogP contribution in [0.15, 0.2) is 94.9 Å². The number of anilines is 2. The topological polar surface area (TPSA) is 96.3 Å². The first-order valence-electron chi connectivity index (χ1n) is 12.3. The Morgan fingerprint density at radius 3 is 2.58 bits per heavy atom. The van der Waals surface area contributed by atoms with Crippen LogP contribution in [0.3, 0.4) is 0 Å². The number of para-hydroxylation sites is 1. The van der Waals surface area contributed by atoms with Gasteiger partial charge in [0, 0.05) is 11.1 Å². The number of fused-ring (bicyclic) bond motifs is 2. The third-order valence-corrected chi connectivity index (χ3v) is 8.79. The van der Waals surface area contributed by atoms with Crippen LogP contribution in [0.1, 0.15) is 29.5 Å². The third kappa shape index (κ3) is 5.03. The summed E-state index contributed by atoms with van der Waals surface area (Å²) < 4.78 is 29.4. The Kier molecular flexibility index (Phi) is 6.39. The molecule has 2 aromatic heterocycles. The monoisotopic (exact) mass is 539 g/mol. The highest BCUT2D eigenvalue weighted by atomic mass is 32.2. The Hall–Kier alpha value is -4.08. The molecule has 0 saturated heterocycles. The average Bonchev–Trinajstić information content (AvgIpc) is 3.35. The van der Waals surface area contributed by atoms with Gasteiger partial charge < -0.3 is 0 Å². The van der Waals surface area contributed by atoms with Gasteiger partial charge >= 0.3 is 0 Å². The first kappa shape index (κ1) is 24.3. The smallest absolute Gasteiger partial charge is 0.263 e. The van der Waals surface area contributed by atoms with Crippen molar-refractivity contribution in [2.24, 2.45) is 5.10 Å². The van der Waals surface area contributed by atoms with Crippen molar-refractivity contribution >= 4 is 48.2 Å². The fourth-order valence-corrected chi connectivity index (χ4v) is 6.33. The Labute approximate surface area is 225 Å². The average molecular weight is 540 g/mol. The predicted molar refractivity (Wildman–Crippen MR) is 154 cm³/mol. The van der Waals surface area contributed by atoms with E-state index in [0.29, 0.717) is 5.69 Å². The number of thiazole rings is 1. The molecule has 0 unspecified atom stereocenters. The second-order valence-corrected chi connectivity index (χ2v) is 11.9. The van der Waals surface area contributed by atoms with Crippen molar-refractivity contribution in [3.8, 4) is 11.3 Å². The number of hydrogen-bond acceptors (Lipinski definition) is 7. The summed E-state index contributed by atoms with van der Waals surface area (Å²) in [4.78, 5) is 9.43. The van der Waals surface area contributed by atoms with Gasteiger partial charge in [-0.3, -0.25) is 10.1 Å². The quantitative estimate of drug-likeness (QED) is 0.236. The van der Waals surface area contributed by atoms with Gasteiger partial charge in [-0.25, -0.2) is 18.4 Å². The third-order valence-electron chi connectivity index (χ3n) is 6.48. The van der Waals surface area contributed by atoms with Gasteiger partial charge in [-0.2, -0.15) is 5.10 Å². The van der Waals surface area contributed by atoms with E-state index in [4.69, 9.17) is 5.10 Å². The zero-order valence-corrected chi connectivity index (χ0v) is 22.3. The van der Waals surface area contributed by atoms with E-state index in [1.807, 2.05) is 37.3 Å². The number of benzene rings is 3. The van der Waals surface area contributed by atoms with Crippen LogP contribution in [0, 0.1) is 6.92 Å². The first-order valence-corrected chi connectivity index (χ1v) is 14.6. The molecule has 0 saturated carbocycles. The highest BCUT2D eigenvalue weighted by molar-refractivity contribution is 7.92. The van der Waals surface area contributed by atoms with Crippen molar-refractivity contribution in [1.29, 1.82) is 0 Å². The highest BCUT2D eigenvalue weighted by Crippen LogP contribution is 2.29. The number of hydrazone groups is 1. The lowest BCUT2D eigenvalue weighted by Crippen LogP contribution is -2.14. The van der Waals surface area contributed by atoms with Crippen molar-refractivity contribution in [1.82, 2.24) is 9.97 Å². The number of hydrogen-bond donors (Lipinski definition) is 2. The van der Waals surface area contributed by atoms with Gasteiger partial charge in [0.2, 0.25) is 5.13 Å². The van der Waals surface area contributed by atoms with Gasteiger partial charge in [0.25, 0.3) is 10.0 Å². The summed E-state index contributed by atoms with van der Waals surface area (Å²) in [5.74, 6) is 0.271. The molecule has 0 fully saturated rings. The number of nitrogens with one attached hydrogen (secondary N) is 2. The van der Waals surface area contributed by atoms with Gasteiger partial charge in [-0.15, -0.1) is 0 Å². The predicted octanol–water partition coefficient (Wildman–Crippen LogP) is 6.62. The summed E-state index contributed by atoms with van der Waals surface area (Å²) in [5.41, 5.74) is 9.98. The minimum Gasteiger partial charge on any atom is -0.263 e. The number of aromatic nitrogens is 2. The molecule has 1 aliphatic rings. The normalized spacial score (nSPS) is 14.4. The first-order chi connectivity index (χ1) is 18.4. The lowest BCUT2D eigenvalue weighted by atomic mass is 9.88. The van der Waals surface area contributed by atoms with Crippen LogP contribution < -0.4 is 10.1 Å². The molecule has 190 valence electrons. The lowest BCUT2D eigenvalue weighted by Gasteiger charge is -2.19. The summed E-state index contributed by atoms with van der Waals surface area (Å²) in [6.45, 7) is 1.92. The Balaban J connectivity index is 1.27. The molecule has 1 aliphatic carbocycles. The molecule has 9 heteroatoms.